The maximum atomic E-state index is 13.9. The van der Waals surface area contributed by atoms with Gasteiger partial charge in [0.2, 0.25) is 5.79 Å². The highest BCUT2D eigenvalue weighted by Crippen LogP contribution is 2.50. The van der Waals surface area contributed by atoms with Gasteiger partial charge in [0.1, 0.15) is 12.5 Å². The molecular weight excluding hydrogens is 1030 g/mol. The van der Waals surface area contributed by atoms with Gasteiger partial charge in [0.15, 0.2) is 14.4 Å². The molecule has 5 rings (SSSR count). The molecule has 0 spiro atoms. The van der Waals surface area contributed by atoms with Crippen LogP contribution in [0.3, 0.4) is 0 Å². The van der Waals surface area contributed by atoms with E-state index in [0.29, 0.717) is 70.2 Å². The Morgan fingerprint density at radius 3 is 2.15 bits per heavy atom. The minimum Gasteiger partial charge on any atom is -0.497 e. The lowest BCUT2D eigenvalue weighted by Gasteiger charge is -2.53. The quantitative estimate of drug-likeness (QED) is 0.0150. The van der Waals surface area contributed by atoms with Crippen molar-refractivity contribution in [2.75, 3.05) is 34.7 Å². The van der Waals surface area contributed by atoms with Crippen LogP contribution in [0.15, 0.2) is 127 Å². The smallest absolute Gasteiger partial charge is 0.331 e. The fourth-order valence-electron chi connectivity index (χ4n) is 10.3. The number of esters is 2. The average Bonchev–Trinajstić information content (AvgIpc) is 3.56. The van der Waals surface area contributed by atoms with Crippen LogP contribution in [0, 0.1) is 5.41 Å². The topological polar surface area (TPSA) is 156 Å². The second-order valence-electron chi connectivity index (χ2n) is 23.8. The molecule has 14 nitrogen and oxygen atoms in total. The Hall–Kier alpha value is -4.52. The van der Waals surface area contributed by atoms with E-state index in [2.05, 4.69) is 53.9 Å². The molecule has 3 aliphatic heterocycles. The van der Waals surface area contributed by atoms with Crippen LogP contribution in [0.5, 0.6) is 5.75 Å². The van der Waals surface area contributed by atoms with Gasteiger partial charge in [0.25, 0.3) is 0 Å². The van der Waals surface area contributed by atoms with E-state index < -0.39 is 55.9 Å². The fourth-order valence-corrected chi connectivity index (χ4v) is 11.7. The molecule has 3 aliphatic rings. The van der Waals surface area contributed by atoms with Crippen LogP contribution in [0.1, 0.15) is 130 Å². The number of unbranched alkanes of at least 4 members (excludes halogenated alkanes) is 1. The first-order valence-corrected chi connectivity index (χ1v) is 31.6. The number of benzene rings is 2. The molecule has 444 valence electrons. The second-order valence-corrected chi connectivity index (χ2v) is 28.5. The van der Waals surface area contributed by atoms with Gasteiger partial charge in [-0.25, -0.2) is 9.59 Å². The number of allylic oxidation sites excluding steroid dienone is 3. The molecule has 3 heterocycles. The summed E-state index contributed by atoms with van der Waals surface area (Å²) in [6.07, 6.45) is 15.2. The Morgan fingerprint density at radius 2 is 1.50 bits per heavy atom. The first kappa shape index (κ1) is 66.3. The molecule has 0 saturated carbocycles. The average molecular weight is 1130 g/mol. The van der Waals surface area contributed by atoms with Crippen molar-refractivity contribution >= 4 is 20.3 Å². The number of methoxy groups -OCH3 is 3. The Bertz CT molecular complexity index is 2370. The third-order valence-electron chi connectivity index (χ3n) is 15.8. The second kappa shape index (κ2) is 31.8. The molecule has 10 atom stereocenters. The molecule has 3 saturated heterocycles. The Kier molecular flexibility index (Phi) is 26.3. The summed E-state index contributed by atoms with van der Waals surface area (Å²) in [4.78, 5) is 27.3. The minimum atomic E-state index is -2.43. The van der Waals surface area contributed by atoms with Gasteiger partial charge >= 0.3 is 11.9 Å². The third kappa shape index (κ3) is 20.1. The molecule has 3 fully saturated rings. The summed E-state index contributed by atoms with van der Waals surface area (Å²) in [5, 5.41) is 9.83. The number of aliphatic hydroxyl groups excluding tert-OH is 1. The molecule has 0 bridgehead atoms. The summed E-state index contributed by atoms with van der Waals surface area (Å²) in [7, 11) is 2.06. The molecule has 0 aliphatic carbocycles. The standard InChI is InChI=1S/C65H96O14Si/c1-15-16-17-18-22-25-60(67)77-62-51(39-61(68)70-11)38-58(42-59(79-80(13,14)63(5,6)7)48(4)74-45-72-43-49-23-20-19-21-24-49)78-65(62,71-12)64(8,9)32-30-54-34-46(2)35-56(75-54)41-57-37-47(3)36-55(76-57)40-53(31-33-66)73-44-50-26-28-52(69-10)29-27-50/h17-30,32,39,48,53-59,62,66H,2-3,15-16,31,33-38,40-45H2,1,4-14H3/t48-,53+,54+,55+,56+,57-,58+,59-,62+,65-/m1/s1. The highest BCUT2D eigenvalue weighted by Gasteiger charge is 2.59. The van der Waals surface area contributed by atoms with Gasteiger partial charge in [-0.3, -0.25) is 0 Å². The Morgan fingerprint density at radius 1 is 0.825 bits per heavy atom. The van der Waals surface area contributed by atoms with Crippen molar-refractivity contribution in [3.8, 4) is 5.75 Å². The van der Waals surface area contributed by atoms with Gasteiger partial charge in [-0.1, -0.05) is 145 Å². The lowest BCUT2D eigenvalue weighted by atomic mass is 9.73. The van der Waals surface area contributed by atoms with Crippen LogP contribution >= 0.6 is 0 Å². The highest BCUT2D eigenvalue weighted by atomic mass is 28.4. The third-order valence-corrected chi connectivity index (χ3v) is 20.3. The largest absolute Gasteiger partial charge is 0.497 e. The Labute approximate surface area is 480 Å². The van der Waals surface area contributed by atoms with Crippen LogP contribution in [-0.4, -0.2) is 121 Å². The number of carbonyl (C=O) groups is 2. The molecule has 0 radical (unpaired) electrons. The molecule has 2 aromatic rings. The van der Waals surface area contributed by atoms with Crippen LogP contribution in [-0.2, 0) is 69.9 Å². The van der Waals surface area contributed by atoms with Crippen molar-refractivity contribution in [2.24, 2.45) is 5.41 Å². The monoisotopic (exact) mass is 1130 g/mol. The number of rotatable bonds is 30. The highest BCUT2D eigenvalue weighted by molar-refractivity contribution is 6.74. The van der Waals surface area contributed by atoms with Gasteiger partial charge in [0.05, 0.1) is 76.3 Å². The summed E-state index contributed by atoms with van der Waals surface area (Å²) in [5.41, 5.74) is 3.62. The van der Waals surface area contributed by atoms with E-state index in [4.69, 9.17) is 51.8 Å². The van der Waals surface area contributed by atoms with E-state index in [9.17, 15) is 14.7 Å². The van der Waals surface area contributed by atoms with Gasteiger partial charge in [-0.05, 0) is 98.8 Å². The predicted molar refractivity (Wildman–Crippen MR) is 315 cm³/mol. The van der Waals surface area contributed by atoms with Gasteiger partial charge in [-0.15, -0.1) is 0 Å². The van der Waals surface area contributed by atoms with Gasteiger partial charge < -0.3 is 56.9 Å². The van der Waals surface area contributed by atoms with E-state index in [1.807, 2.05) is 99.7 Å². The lowest BCUT2D eigenvalue weighted by molar-refractivity contribution is -0.338. The van der Waals surface area contributed by atoms with Gasteiger partial charge in [-0.2, -0.15) is 0 Å². The van der Waals surface area contributed by atoms with E-state index in [-0.39, 0.29) is 55.4 Å². The normalized spacial score (nSPS) is 25.1. The zero-order chi connectivity index (χ0) is 58.5. The minimum absolute atomic E-state index is 0.00574. The molecule has 0 unspecified atom stereocenters. The number of hydrogen-bond donors (Lipinski definition) is 1. The molecule has 80 heavy (non-hydrogen) atoms. The summed E-state index contributed by atoms with van der Waals surface area (Å²) < 4.78 is 70.5. The molecular formula is C65H96O14Si. The van der Waals surface area contributed by atoms with Crippen molar-refractivity contribution < 1.29 is 66.5 Å². The van der Waals surface area contributed by atoms with Crippen LogP contribution in [0.4, 0.5) is 0 Å². The van der Waals surface area contributed by atoms with E-state index in [0.717, 1.165) is 40.9 Å². The van der Waals surface area contributed by atoms with Crippen molar-refractivity contribution in [3.05, 3.63) is 138 Å². The van der Waals surface area contributed by atoms with Crippen LogP contribution in [0.25, 0.3) is 0 Å². The zero-order valence-corrected chi connectivity index (χ0v) is 51.2. The first-order valence-electron chi connectivity index (χ1n) is 28.7. The molecule has 0 amide bonds. The molecule has 15 heteroatoms. The number of aliphatic hydroxyl groups is 1. The van der Waals surface area contributed by atoms with Crippen molar-refractivity contribution in [1.29, 1.82) is 0 Å². The van der Waals surface area contributed by atoms with E-state index in [1.165, 1.54) is 26.4 Å². The predicted octanol–water partition coefficient (Wildman–Crippen LogP) is 12.9. The Balaban J connectivity index is 1.41. The van der Waals surface area contributed by atoms with E-state index >= 15 is 0 Å². The molecule has 1 N–H and O–H groups in total. The maximum absolute atomic E-state index is 13.9. The molecule has 0 aromatic heterocycles. The van der Waals surface area contributed by atoms with Crippen molar-refractivity contribution in [3.63, 3.8) is 0 Å². The fraction of sp³-hybridized carbons (Fsp3) is 0.600. The maximum Gasteiger partial charge on any atom is 0.331 e. The zero-order valence-electron chi connectivity index (χ0n) is 50.2. The van der Waals surface area contributed by atoms with Crippen molar-refractivity contribution in [1.82, 2.24) is 0 Å². The summed E-state index contributed by atoms with van der Waals surface area (Å²) in [5.74, 6) is -2.17. The summed E-state index contributed by atoms with van der Waals surface area (Å²) >= 11 is 0. The lowest BCUT2D eigenvalue weighted by Crippen LogP contribution is -2.63. The summed E-state index contributed by atoms with van der Waals surface area (Å²) in [6, 6.07) is 17.7. The SMILES string of the molecule is C=C1C[C@H](C[C@@H]2CC(=C)C[C@H](C=CC(C)(C)[C@]3(OC)O[C@H](C[C@@H](O[Si](C)(C)C(C)(C)C)[C@@H](C)OCOCc4ccccc4)CC(=CC(=O)OC)[C@@H]3OC(=O)C=CC=CCCC)O2)O[C@H](C[C@H](CCO)OCc2ccc(OC)cc2)C1. The number of ether oxygens (including phenoxy) is 10. The van der Waals surface area contributed by atoms with Crippen LogP contribution < -0.4 is 4.74 Å². The van der Waals surface area contributed by atoms with E-state index in [1.54, 1.807) is 13.2 Å². The number of hydrogen-bond acceptors (Lipinski definition) is 14. The van der Waals surface area contributed by atoms with Crippen LogP contribution in [0.2, 0.25) is 18.1 Å². The van der Waals surface area contributed by atoms with Gasteiger partial charge in [0, 0.05) is 50.5 Å². The number of carbonyl (C=O) groups excluding carboxylic acids is 2. The summed E-state index contributed by atoms with van der Waals surface area (Å²) in [6.45, 7) is 28.7. The van der Waals surface area contributed by atoms with Crippen molar-refractivity contribution in [2.45, 2.75) is 211 Å². The molecule has 2 aromatic carbocycles. The first-order chi connectivity index (χ1) is 38.0.